The van der Waals surface area contributed by atoms with Gasteiger partial charge in [0.1, 0.15) is 18.2 Å². The first kappa shape index (κ1) is 19.4. The predicted octanol–water partition coefficient (Wildman–Crippen LogP) is 4.37. The van der Waals surface area contributed by atoms with Gasteiger partial charge in [-0.25, -0.2) is 4.98 Å². The number of carboxylic acid groups (broad SMARTS) is 1. The van der Waals surface area contributed by atoms with Crippen molar-refractivity contribution in [3.05, 3.63) is 90.1 Å². The van der Waals surface area contributed by atoms with Gasteiger partial charge in [0.2, 0.25) is 0 Å². The Morgan fingerprint density at radius 3 is 2.43 bits per heavy atom. The van der Waals surface area contributed by atoms with Crippen molar-refractivity contribution < 1.29 is 14.6 Å². The summed E-state index contributed by atoms with van der Waals surface area (Å²) in [5, 5.41) is 12.4. The number of nitrogens with zero attached hydrogens (tertiary/aromatic N) is 1. The first-order valence-electron chi connectivity index (χ1n) is 9.34. The average molecular weight is 376 g/mol. The highest BCUT2D eigenvalue weighted by molar-refractivity contribution is 5.68. The molecule has 0 aliphatic carbocycles. The number of benzene rings is 2. The third-order valence-electron chi connectivity index (χ3n) is 4.44. The van der Waals surface area contributed by atoms with E-state index in [1.54, 1.807) is 6.20 Å². The molecule has 5 nitrogen and oxygen atoms in total. The van der Waals surface area contributed by atoms with Crippen LogP contribution in [0.3, 0.4) is 0 Å². The molecule has 3 aromatic rings. The molecule has 0 amide bonds. The van der Waals surface area contributed by atoms with Gasteiger partial charge in [-0.15, -0.1) is 0 Å². The maximum Gasteiger partial charge on any atom is 0.303 e. The molecule has 0 aliphatic heterocycles. The SMILES string of the molecule is O=C(O)CC(Cc1ccc(OCCNc2ccccn2)cc1)c1ccccc1. The fourth-order valence-corrected chi connectivity index (χ4v) is 3.07. The highest BCUT2D eigenvalue weighted by atomic mass is 16.5. The smallest absolute Gasteiger partial charge is 0.303 e. The Morgan fingerprint density at radius 2 is 1.75 bits per heavy atom. The molecule has 0 radical (unpaired) electrons. The lowest BCUT2D eigenvalue weighted by molar-refractivity contribution is -0.137. The maximum atomic E-state index is 11.2. The van der Waals surface area contributed by atoms with Crippen molar-refractivity contribution in [1.29, 1.82) is 0 Å². The number of carbonyl (C=O) groups is 1. The highest BCUT2D eigenvalue weighted by Crippen LogP contribution is 2.25. The molecule has 1 aromatic heterocycles. The Morgan fingerprint density at radius 1 is 1.00 bits per heavy atom. The quantitative estimate of drug-likeness (QED) is 0.514. The molecule has 0 bridgehead atoms. The van der Waals surface area contributed by atoms with Crippen LogP contribution >= 0.6 is 0 Å². The Bertz CT molecular complexity index is 852. The van der Waals surface area contributed by atoms with E-state index < -0.39 is 5.97 Å². The molecule has 1 heterocycles. The third-order valence-corrected chi connectivity index (χ3v) is 4.44. The fraction of sp³-hybridized carbons (Fsp3) is 0.217. The van der Waals surface area contributed by atoms with Crippen molar-refractivity contribution in [3.8, 4) is 5.75 Å². The molecule has 5 heteroatoms. The van der Waals surface area contributed by atoms with Crippen LogP contribution in [0.25, 0.3) is 0 Å². The monoisotopic (exact) mass is 376 g/mol. The normalized spacial score (nSPS) is 11.6. The highest BCUT2D eigenvalue weighted by Gasteiger charge is 2.16. The van der Waals surface area contributed by atoms with Crippen LogP contribution in [0.5, 0.6) is 5.75 Å². The Hall–Kier alpha value is -3.34. The lowest BCUT2D eigenvalue weighted by Gasteiger charge is -2.16. The van der Waals surface area contributed by atoms with Crippen molar-refractivity contribution in [2.45, 2.75) is 18.8 Å². The predicted molar refractivity (Wildman–Crippen MR) is 110 cm³/mol. The largest absolute Gasteiger partial charge is 0.492 e. The van der Waals surface area contributed by atoms with Gasteiger partial charge in [-0.1, -0.05) is 48.5 Å². The van der Waals surface area contributed by atoms with E-state index in [0.29, 0.717) is 19.6 Å². The second-order valence-corrected chi connectivity index (χ2v) is 6.54. The summed E-state index contributed by atoms with van der Waals surface area (Å²) >= 11 is 0. The lowest BCUT2D eigenvalue weighted by atomic mass is 9.89. The Balaban J connectivity index is 1.52. The molecule has 0 aliphatic rings. The molecule has 1 atom stereocenters. The van der Waals surface area contributed by atoms with Gasteiger partial charge in [-0.05, 0) is 47.7 Å². The molecule has 3 rings (SSSR count). The molecule has 144 valence electrons. The number of aliphatic carboxylic acids is 1. The first-order chi connectivity index (χ1) is 13.7. The summed E-state index contributed by atoms with van der Waals surface area (Å²) in [5.41, 5.74) is 2.14. The van der Waals surface area contributed by atoms with Gasteiger partial charge < -0.3 is 15.2 Å². The molecule has 0 saturated carbocycles. The number of hydrogen-bond acceptors (Lipinski definition) is 4. The van der Waals surface area contributed by atoms with Gasteiger partial charge in [0.25, 0.3) is 0 Å². The average Bonchev–Trinajstić information content (AvgIpc) is 2.73. The van der Waals surface area contributed by atoms with Gasteiger partial charge in [0.15, 0.2) is 0 Å². The van der Waals surface area contributed by atoms with Gasteiger partial charge in [-0.2, -0.15) is 0 Å². The molecule has 2 aromatic carbocycles. The van der Waals surface area contributed by atoms with Crippen LogP contribution in [0.15, 0.2) is 79.0 Å². The summed E-state index contributed by atoms with van der Waals surface area (Å²) in [6, 6.07) is 23.4. The minimum atomic E-state index is -0.783. The number of hydrogen-bond donors (Lipinski definition) is 2. The fourth-order valence-electron chi connectivity index (χ4n) is 3.07. The maximum absolute atomic E-state index is 11.2. The molecule has 0 saturated heterocycles. The number of anilines is 1. The van der Waals surface area contributed by atoms with E-state index in [2.05, 4.69) is 10.3 Å². The molecule has 1 unspecified atom stereocenters. The second kappa shape index (κ2) is 10.1. The summed E-state index contributed by atoms with van der Waals surface area (Å²) in [5.74, 6) is 0.787. The number of carboxylic acids is 1. The minimum absolute atomic E-state index is 0.0481. The second-order valence-electron chi connectivity index (χ2n) is 6.54. The van der Waals surface area contributed by atoms with Crippen molar-refractivity contribution in [2.75, 3.05) is 18.5 Å². The summed E-state index contributed by atoms with van der Waals surface area (Å²) in [6.07, 6.45) is 2.54. The summed E-state index contributed by atoms with van der Waals surface area (Å²) in [6.45, 7) is 1.19. The van der Waals surface area contributed by atoms with E-state index in [0.717, 1.165) is 22.7 Å². The molecular weight excluding hydrogens is 352 g/mol. The summed E-state index contributed by atoms with van der Waals surface area (Å²) < 4.78 is 5.75. The Labute approximate surface area is 165 Å². The van der Waals surface area contributed by atoms with Crippen LogP contribution in [-0.4, -0.2) is 29.2 Å². The lowest BCUT2D eigenvalue weighted by Crippen LogP contribution is -2.12. The standard InChI is InChI=1S/C23H24N2O3/c26-23(27)17-20(19-6-2-1-3-7-19)16-18-9-11-21(12-10-18)28-15-14-25-22-8-4-5-13-24-22/h1-13,20H,14-17H2,(H,24,25)(H,26,27). The first-order valence-corrected chi connectivity index (χ1v) is 9.34. The van der Waals surface area contributed by atoms with Crippen molar-refractivity contribution in [1.82, 2.24) is 4.98 Å². The topological polar surface area (TPSA) is 71.5 Å². The number of rotatable bonds is 10. The number of ether oxygens (including phenoxy) is 1. The van der Waals surface area contributed by atoms with E-state index in [4.69, 9.17) is 4.74 Å². The zero-order valence-corrected chi connectivity index (χ0v) is 15.6. The van der Waals surface area contributed by atoms with Crippen molar-refractivity contribution in [2.24, 2.45) is 0 Å². The van der Waals surface area contributed by atoms with Crippen LogP contribution in [0.2, 0.25) is 0 Å². The van der Waals surface area contributed by atoms with Crippen LogP contribution in [0.4, 0.5) is 5.82 Å². The van der Waals surface area contributed by atoms with Crippen LogP contribution in [0.1, 0.15) is 23.5 Å². The summed E-state index contributed by atoms with van der Waals surface area (Å²) in [4.78, 5) is 15.4. The van der Waals surface area contributed by atoms with Crippen molar-refractivity contribution in [3.63, 3.8) is 0 Å². The van der Waals surface area contributed by atoms with Gasteiger partial charge in [0, 0.05) is 6.20 Å². The van der Waals surface area contributed by atoms with Gasteiger partial charge in [0.05, 0.1) is 13.0 Å². The zero-order chi connectivity index (χ0) is 19.6. The number of pyridine rings is 1. The molecule has 0 fully saturated rings. The number of aromatic nitrogens is 1. The van der Waals surface area contributed by atoms with Crippen LogP contribution in [-0.2, 0) is 11.2 Å². The number of nitrogens with one attached hydrogen (secondary N) is 1. The molecule has 2 N–H and O–H groups in total. The van der Waals surface area contributed by atoms with E-state index in [1.807, 2.05) is 72.8 Å². The van der Waals surface area contributed by atoms with E-state index >= 15 is 0 Å². The van der Waals surface area contributed by atoms with Crippen molar-refractivity contribution >= 4 is 11.8 Å². The van der Waals surface area contributed by atoms with Crippen LogP contribution in [0, 0.1) is 0 Å². The summed E-state index contributed by atoms with van der Waals surface area (Å²) in [7, 11) is 0. The van der Waals surface area contributed by atoms with E-state index in [1.165, 1.54) is 0 Å². The Kier molecular flexibility index (Phi) is 7.01. The zero-order valence-electron chi connectivity index (χ0n) is 15.6. The van der Waals surface area contributed by atoms with E-state index in [-0.39, 0.29) is 12.3 Å². The minimum Gasteiger partial charge on any atom is -0.492 e. The molecular formula is C23H24N2O3. The third kappa shape index (κ3) is 6.13. The van der Waals surface area contributed by atoms with Gasteiger partial charge >= 0.3 is 5.97 Å². The molecule has 0 spiro atoms. The van der Waals surface area contributed by atoms with Gasteiger partial charge in [-0.3, -0.25) is 4.79 Å². The van der Waals surface area contributed by atoms with E-state index in [9.17, 15) is 9.90 Å². The van der Waals surface area contributed by atoms with Crippen LogP contribution < -0.4 is 10.1 Å². The molecule has 28 heavy (non-hydrogen) atoms.